The number of carbonyl (C=O) groups is 2. The summed E-state index contributed by atoms with van der Waals surface area (Å²) in [5.74, 6) is -1.21. The predicted octanol–water partition coefficient (Wildman–Crippen LogP) is 2.57. The zero-order valence-corrected chi connectivity index (χ0v) is 18.7. The number of esters is 1. The Balaban J connectivity index is 1.67. The molecule has 0 saturated carbocycles. The summed E-state index contributed by atoms with van der Waals surface area (Å²) in [5, 5.41) is 2.61. The molecule has 2 aromatic rings. The van der Waals surface area contributed by atoms with Gasteiger partial charge in [0.05, 0.1) is 23.7 Å². The van der Waals surface area contributed by atoms with Crippen LogP contribution in [0.3, 0.4) is 0 Å². The number of nitrogens with one attached hydrogen (secondary N) is 1. The largest absolute Gasteiger partial charge is 0.452 e. The van der Waals surface area contributed by atoms with Crippen LogP contribution >= 0.6 is 15.9 Å². The summed E-state index contributed by atoms with van der Waals surface area (Å²) in [6, 6.07) is 11.3. The Kier molecular flexibility index (Phi) is 7.24. The first-order chi connectivity index (χ1) is 14.3. The number of hydrogen-bond acceptors (Lipinski definition) is 6. The molecule has 1 amide bonds. The van der Waals surface area contributed by atoms with Crippen molar-refractivity contribution >= 4 is 43.5 Å². The zero-order chi connectivity index (χ0) is 21.7. The van der Waals surface area contributed by atoms with E-state index in [0.717, 1.165) is 0 Å². The Hall–Kier alpha value is -2.27. The molecule has 160 valence electrons. The SMILES string of the molecule is Cc1ccc(S(=O)(=O)N2CCOCC2)cc1NC(=O)COC(=O)c1ccccc1Br. The van der Waals surface area contributed by atoms with Gasteiger partial charge in [-0.3, -0.25) is 4.79 Å². The molecule has 3 rings (SSSR count). The van der Waals surface area contributed by atoms with Gasteiger partial charge in [-0.25, -0.2) is 13.2 Å². The molecule has 0 radical (unpaired) electrons. The van der Waals surface area contributed by atoms with Crippen LogP contribution in [0.1, 0.15) is 15.9 Å². The lowest BCUT2D eigenvalue weighted by atomic mass is 10.2. The van der Waals surface area contributed by atoms with E-state index in [1.807, 2.05) is 0 Å². The molecule has 0 aromatic heterocycles. The fourth-order valence-electron chi connectivity index (χ4n) is 2.85. The smallest absolute Gasteiger partial charge is 0.339 e. The molecule has 8 nitrogen and oxygen atoms in total. The van der Waals surface area contributed by atoms with Gasteiger partial charge in [0.15, 0.2) is 6.61 Å². The number of amides is 1. The molecule has 0 unspecified atom stereocenters. The fourth-order valence-corrected chi connectivity index (χ4v) is 4.74. The maximum Gasteiger partial charge on any atom is 0.339 e. The van der Waals surface area contributed by atoms with Crippen molar-refractivity contribution in [3.8, 4) is 0 Å². The maximum atomic E-state index is 12.8. The molecule has 1 aliphatic heterocycles. The number of anilines is 1. The molecular formula is C20H21BrN2O6S. The highest BCUT2D eigenvalue weighted by Crippen LogP contribution is 2.24. The number of aryl methyl sites for hydroxylation is 1. The molecule has 30 heavy (non-hydrogen) atoms. The lowest BCUT2D eigenvalue weighted by Crippen LogP contribution is -2.40. The van der Waals surface area contributed by atoms with Crippen molar-refractivity contribution in [1.29, 1.82) is 0 Å². The molecule has 0 bridgehead atoms. The molecule has 0 spiro atoms. The highest BCUT2D eigenvalue weighted by Gasteiger charge is 2.27. The lowest BCUT2D eigenvalue weighted by molar-refractivity contribution is -0.119. The summed E-state index contributed by atoms with van der Waals surface area (Å²) in [6.07, 6.45) is 0. The van der Waals surface area contributed by atoms with Crippen LogP contribution in [0.4, 0.5) is 5.69 Å². The summed E-state index contributed by atoms with van der Waals surface area (Å²) < 4.78 is 37.8. The monoisotopic (exact) mass is 496 g/mol. The summed E-state index contributed by atoms with van der Waals surface area (Å²) >= 11 is 3.26. The second kappa shape index (κ2) is 9.69. The van der Waals surface area contributed by atoms with Gasteiger partial charge < -0.3 is 14.8 Å². The molecule has 2 aromatic carbocycles. The Morgan fingerprint density at radius 3 is 2.57 bits per heavy atom. The number of morpholine rings is 1. The molecule has 0 aliphatic carbocycles. The third-order valence-electron chi connectivity index (χ3n) is 4.52. The van der Waals surface area contributed by atoms with Crippen molar-refractivity contribution in [3.05, 3.63) is 58.1 Å². The Morgan fingerprint density at radius 1 is 1.17 bits per heavy atom. The zero-order valence-electron chi connectivity index (χ0n) is 16.3. The summed E-state index contributed by atoms with van der Waals surface area (Å²) in [4.78, 5) is 24.5. The summed E-state index contributed by atoms with van der Waals surface area (Å²) in [5.41, 5.74) is 1.33. The standard InChI is InChI=1S/C20H21BrN2O6S/c1-14-6-7-15(30(26,27)23-8-10-28-11-9-23)12-18(14)22-19(24)13-29-20(25)16-4-2-3-5-17(16)21/h2-7,12H,8-11,13H2,1H3,(H,22,24). The van der Waals surface area contributed by atoms with E-state index >= 15 is 0 Å². The molecular weight excluding hydrogens is 476 g/mol. The summed E-state index contributed by atoms with van der Waals surface area (Å²) in [7, 11) is -3.69. The first kappa shape index (κ1) is 22.4. The van der Waals surface area contributed by atoms with Crippen molar-refractivity contribution in [3.63, 3.8) is 0 Å². The first-order valence-electron chi connectivity index (χ1n) is 9.19. The Morgan fingerprint density at radius 2 is 1.87 bits per heavy atom. The van der Waals surface area contributed by atoms with E-state index in [4.69, 9.17) is 9.47 Å². The minimum absolute atomic E-state index is 0.0792. The average molecular weight is 497 g/mol. The van der Waals surface area contributed by atoms with Gasteiger partial charge in [-0.05, 0) is 52.7 Å². The van der Waals surface area contributed by atoms with Crippen molar-refractivity contribution < 1.29 is 27.5 Å². The van der Waals surface area contributed by atoms with Gasteiger partial charge in [0.1, 0.15) is 0 Å². The molecule has 1 N–H and O–H groups in total. The van der Waals surface area contributed by atoms with Gasteiger partial charge in [-0.1, -0.05) is 18.2 Å². The molecule has 1 fully saturated rings. The number of carbonyl (C=O) groups excluding carboxylic acids is 2. The number of rotatable bonds is 6. The molecule has 10 heteroatoms. The lowest BCUT2D eigenvalue weighted by Gasteiger charge is -2.26. The van der Waals surface area contributed by atoms with Crippen molar-refractivity contribution in [2.45, 2.75) is 11.8 Å². The fraction of sp³-hybridized carbons (Fsp3) is 0.300. The van der Waals surface area contributed by atoms with E-state index in [-0.39, 0.29) is 18.0 Å². The maximum absolute atomic E-state index is 12.8. The number of nitrogens with zero attached hydrogens (tertiary/aromatic N) is 1. The number of benzene rings is 2. The van der Waals surface area contributed by atoms with Crippen molar-refractivity contribution in [1.82, 2.24) is 4.31 Å². The van der Waals surface area contributed by atoms with Crippen molar-refractivity contribution in [2.24, 2.45) is 0 Å². The Bertz CT molecular complexity index is 1050. The van der Waals surface area contributed by atoms with Gasteiger partial charge in [-0.2, -0.15) is 4.31 Å². The highest BCUT2D eigenvalue weighted by molar-refractivity contribution is 9.10. The second-order valence-corrected chi connectivity index (χ2v) is 9.39. The van der Waals surface area contributed by atoms with Crippen LogP contribution < -0.4 is 5.32 Å². The quantitative estimate of drug-likeness (QED) is 0.616. The van der Waals surface area contributed by atoms with Crippen LogP contribution in [-0.2, 0) is 24.3 Å². The number of hydrogen-bond donors (Lipinski definition) is 1. The normalized spacial score (nSPS) is 14.9. The van der Waals surface area contributed by atoms with E-state index in [1.54, 1.807) is 37.3 Å². The van der Waals surface area contributed by atoms with E-state index in [1.165, 1.54) is 16.4 Å². The van der Waals surface area contributed by atoms with Crippen LogP contribution in [-0.4, -0.2) is 57.5 Å². The van der Waals surface area contributed by atoms with E-state index in [9.17, 15) is 18.0 Å². The van der Waals surface area contributed by atoms with Gasteiger partial charge in [0, 0.05) is 23.2 Å². The molecule has 1 saturated heterocycles. The number of halogens is 1. The van der Waals surface area contributed by atoms with Gasteiger partial charge >= 0.3 is 5.97 Å². The molecule has 0 atom stereocenters. The molecule has 1 heterocycles. The van der Waals surface area contributed by atoms with Gasteiger partial charge in [-0.15, -0.1) is 0 Å². The van der Waals surface area contributed by atoms with Crippen LogP contribution in [0.15, 0.2) is 51.8 Å². The minimum atomic E-state index is -3.69. The van der Waals surface area contributed by atoms with Gasteiger partial charge in [0.25, 0.3) is 5.91 Å². The van der Waals surface area contributed by atoms with E-state index in [0.29, 0.717) is 34.5 Å². The summed E-state index contributed by atoms with van der Waals surface area (Å²) in [6.45, 7) is 2.49. The topological polar surface area (TPSA) is 102 Å². The van der Waals surface area contributed by atoms with Crippen LogP contribution in [0.2, 0.25) is 0 Å². The first-order valence-corrected chi connectivity index (χ1v) is 11.4. The van der Waals surface area contributed by atoms with Crippen LogP contribution in [0, 0.1) is 6.92 Å². The average Bonchev–Trinajstić information content (AvgIpc) is 2.74. The predicted molar refractivity (Wildman–Crippen MR) is 114 cm³/mol. The number of ether oxygens (including phenoxy) is 2. The third-order valence-corrected chi connectivity index (χ3v) is 7.11. The second-order valence-electron chi connectivity index (χ2n) is 6.60. The van der Waals surface area contributed by atoms with E-state index < -0.39 is 28.5 Å². The van der Waals surface area contributed by atoms with Crippen molar-refractivity contribution in [2.75, 3.05) is 38.2 Å². The third kappa shape index (κ3) is 5.25. The highest BCUT2D eigenvalue weighted by atomic mass is 79.9. The van der Waals surface area contributed by atoms with Crippen LogP contribution in [0.5, 0.6) is 0 Å². The van der Waals surface area contributed by atoms with Gasteiger partial charge in [0.2, 0.25) is 10.0 Å². The number of sulfonamides is 1. The van der Waals surface area contributed by atoms with E-state index in [2.05, 4.69) is 21.2 Å². The minimum Gasteiger partial charge on any atom is -0.452 e. The molecule has 1 aliphatic rings. The van der Waals surface area contributed by atoms with Crippen LogP contribution in [0.25, 0.3) is 0 Å². The Labute approximate surface area is 183 Å².